The first kappa shape index (κ1) is 21.1. The van der Waals surface area contributed by atoms with Crippen molar-refractivity contribution in [2.75, 3.05) is 14.2 Å². The second kappa shape index (κ2) is 9.26. The summed E-state index contributed by atoms with van der Waals surface area (Å²) in [7, 11) is 3.23. The van der Waals surface area contributed by atoms with E-state index in [1.54, 1.807) is 14.2 Å². The Morgan fingerprint density at radius 2 is 1.40 bits per heavy atom. The average molecular weight is 408 g/mol. The van der Waals surface area contributed by atoms with Crippen LogP contribution in [0.3, 0.4) is 0 Å². The Labute approximate surface area is 173 Å². The molecule has 0 aliphatic heterocycles. The summed E-state index contributed by atoms with van der Waals surface area (Å²) in [6.45, 7) is 4.55. The molecule has 4 rings (SSSR count). The number of nitrogens with zero attached hydrogens (tertiary/aromatic N) is 3. The van der Waals surface area contributed by atoms with Crippen molar-refractivity contribution < 1.29 is 18.3 Å². The van der Waals surface area contributed by atoms with Crippen LogP contribution in [0.15, 0.2) is 50.3 Å². The summed E-state index contributed by atoms with van der Waals surface area (Å²) in [5, 5.41) is 5.54. The predicted octanol–water partition coefficient (Wildman–Crippen LogP) is 5.77. The minimum Gasteiger partial charge on any atom is -0.493 e. The highest BCUT2D eigenvalue weighted by Gasteiger charge is 2.13. The van der Waals surface area contributed by atoms with Gasteiger partial charge in [-0.2, -0.15) is 0 Å². The molecule has 2 heterocycles. The summed E-state index contributed by atoms with van der Waals surface area (Å²) in [6.07, 6.45) is 0. The Hall–Kier alpha value is -3.61. The summed E-state index contributed by atoms with van der Waals surface area (Å²) in [5.41, 5.74) is 17.4. The minimum atomic E-state index is 0.294. The Kier molecular flexibility index (Phi) is 6.51. The molecule has 156 valence electrons. The zero-order valence-electron chi connectivity index (χ0n) is 17.4. The molecule has 30 heavy (non-hydrogen) atoms. The molecule has 0 saturated heterocycles. The van der Waals surface area contributed by atoms with Gasteiger partial charge in [-0.1, -0.05) is 29.4 Å². The van der Waals surface area contributed by atoms with Crippen molar-refractivity contribution in [1.29, 1.82) is 0 Å². The quantitative estimate of drug-likeness (QED) is 0.255. The molecule has 4 aromatic rings. The fourth-order valence-corrected chi connectivity index (χ4v) is 3.40. The largest absolute Gasteiger partial charge is 0.493 e. The second-order valence-electron chi connectivity index (χ2n) is 6.54. The molecule has 0 unspecified atom stereocenters. The van der Waals surface area contributed by atoms with Crippen molar-refractivity contribution in [3.05, 3.63) is 69.5 Å². The van der Waals surface area contributed by atoms with E-state index < -0.39 is 0 Å². The van der Waals surface area contributed by atoms with Gasteiger partial charge in [0.15, 0.2) is 22.7 Å². The van der Waals surface area contributed by atoms with Crippen LogP contribution in [0.4, 0.5) is 0 Å². The number of rotatable bonds is 5. The molecule has 0 bridgehead atoms. The van der Waals surface area contributed by atoms with Crippen molar-refractivity contribution in [2.24, 2.45) is 10.8 Å². The van der Waals surface area contributed by atoms with E-state index in [9.17, 15) is 0 Å². The molecule has 0 amide bonds. The summed E-state index contributed by atoms with van der Waals surface area (Å²) >= 11 is 0. The Bertz CT molecular complexity index is 1220. The molecule has 0 radical (unpaired) electrons. The fraction of sp³-hybridized carbons (Fsp3) is 0.273. The zero-order valence-corrected chi connectivity index (χ0v) is 17.4. The van der Waals surface area contributed by atoms with E-state index in [-0.39, 0.29) is 0 Å². The predicted molar refractivity (Wildman–Crippen MR) is 116 cm³/mol. The third-order valence-corrected chi connectivity index (χ3v) is 4.90. The zero-order chi connectivity index (χ0) is 21.7. The van der Waals surface area contributed by atoms with Gasteiger partial charge in [0, 0.05) is 33.4 Å². The van der Waals surface area contributed by atoms with Crippen LogP contribution in [-0.4, -0.2) is 14.2 Å². The average Bonchev–Trinajstić information content (AvgIpc) is 3.27. The van der Waals surface area contributed by atoms with Gasteiger partial charge in [0.1, 0.15) is 11.5 Å². The van der Waals surface area contributed by atoms with E-state index in [1.807, 2.05) is 50.2 Å². The van der Waals surface area contributed by atoms with Crippen LogP contribution in [0.1, 0.15) is 22.6 Å². The summed E-state index contributed by atoms with van der Waals surface area (Å²) in [4.78, 5) is 2.75. The van der Waals surface area contributed by atoms with Gasteiger partial charge in [-0.15, -0.1) is 0 Å². The summed E-state index contributed by atoms with van der Waals surface area (Å²) in [5.74, 6) is 3.07. The van der Waals surface area contributed by atoms with Gasteiger partial charge in [-0.25, -0.2) is 0 Å². The highest BCUT2D eigenvalue weighted by Crippen LogP contribution is 2.33. The molecule has 2 N–H and O–H groups in total. The van der Waals surface area contributed by atoms with Crippen LogP contribution in [0.2, 0.25) is 0 Å². The van der Waals surface area contributed by atoms with E-state index in [0.717, 1.165) is 44.8 Å². The number of fused-ring (bicyclic) bond motifs is 2. The number of azide groups is 1. The molecule has 0 atom stereocenters. The molecule has 0 aliphatic carbocycles. The molecular formula is C22H24N4O4. The molecule has 8 nitrogen and oxygen atoms in total. The van der Waals surface area contributed by atoms with Crippen LogP contribution in [0, 0.1) is 13.8 Å². The number of hydrogen-bond acceptors (Lipinski definition) is 6. The number of ether oxygens (including phenoxy) is 2. The number of para-hydroxylation sites is 2. The molecule has 0 aliphatic rings. The van der Waals surface area contributed by atoms with Crippen LogP contribution in [-0.2, 0) is 13.1 Å². The lowest BCUT2D eigenvalue weighted by atomic mass is 10.1. The lowest BCUT2D eigenvalue weighted by Gasteiger charge is -1.99. The maximum Gasteiger partial charge on any atom is 0.176 e. The van der Waals surface area contributed by atoms with Crippen LogP contribution >= 0.6 is 0 Å². The third kappa shape index (κ3) is 3.91. The van der Waals surface area contributed by atoms with E-state index in [4.69, 9.17) is 29.6 Å². The number of hydrogen-bond donors (Lipinski definition) is 1. The van der Waals surface area contributed by atoms with Crippen LogP contribution < -0.4 is 15.2 Å². The topological polar surface area (TPSA) is 120 Å². The molecule has 2 aromatic heterocycles. The van der Waals surface area contributed by atoms with Crippen LogP contribution in [0.5, 0.6) is 11.5 Å². The molecule has 0 spiro atoms. The Morgan fingerprint density at radius 1 is 0.900 bits per heavy atom. The van der Waals surface area contributed by atoms with E-state index in [0.29, 0.717) is 24.4 Å². The molecular weight excluding hydrogens is 384 g/mol. The number of furan rings is 2. The molecule has 8 heteroatoms. The third-order valence-electron chi connectivity index (χ3n) is 4.90. The van der Waals surface area contributed by atoms with Crippen molar-refractivity contribution in [3.63, 3.8) is 0 Å². The van der Waals surface area contributed by atoms with Gasteiger partial charge in [0.05, 0.1) is 20.8 Å². The smallest absolute Gasteiger partial charge is 0.176 e. The van der Waals surface area contributed by atoms with Crippen molar-refractivity contribution in [3.8, 4) is 11.5 Å². The lowest BCUT2D eigenvalue weighted by Crippen LogP contribution is -1.96. The van der Waals surface area contributed by atoms with Gasteiger partial charge in [-0.05, 0) is 31.5 Å². The van der Waals surface area contributed by atoms with Gasteiger partial charge in [0.2, 0.25) is 0 Å². The molecule has 0 saturated carbocycles. The van der Waals surface area contributed by atoms with Crippen molar-refractivity contribution in [1.82, 2.24) is 0 Å². The fourth-order valence-electron chi connectivity index (χ4n) is 3.40. The summed E-state index contributed by atoms with van der Waals surface area (Å²) < 4.78 is 21.6. The number of benzene rings is 2. The highest BCUT2D eigenvalue weighted by atomic mass is 16.5. The maximum absolute atomic E-state index is 8.33. The SMILES string of the molecule is COc1cccc2c(CN)c(C)oc12.COc1cccc2c(CN=[N+]=[N-])c(C)oc12. The van der Waals surface area contributed by atoms with E-state index in [2.05, 4.69) is 10.0 Å². The van der Waals surface area contributed by atoms with Crippen molar-refractivity contribution >= 4 is 21.9 Å². The Morgan fingerprint density at radius 3 is 1.87 bits per heavy atom. The number of nitrogens with two attached hydrogens (primary N) is 1. The van der Waals surface area contributed by atoms with Gasteiger partial charge < -0.3 is 24.0 Å². The van der Waals surface area contributed by atoms with Gasteiger partial charge in [-0.3, -0.25) is 0 Å². The normalized spacial score (nSPS) is 10.4. The standard InChI is InChI=1S/C11H11N3O2.C11H13NO2/c1-7-9(6-13-14-12)8-4-3-5-10(15-2)11(8)16-7;1-7-9(6-12)8-4-3-5-10(13-2)11(8)14-7/h3-5H,6H2,1-2H3;3-5H,6,12H2,1-2H3. The second-order valence-corrected chi connectivity index (χ2v) is 6.54. The highest BCUT2D eigenvalue weighted by molar-refractivity contribution is 5.88. The Balaban J connectivity index is 0.000000172. The van der Waals surface area contributed by atoms with Gasteiger partial charge >= 0.3 is 0 Å². The first-order valence-electron chi connectivity index (χ1n) is 9.36. The van der Waals surface area contributed by atoms with Crippen molar-refractivity contribution in [2.45, 2.75) is 26.9 Å². The number of methoxy groups -OCH3 is 2. The first-order valence-corrected chi connectivity index (χ1v) is 9.36. The monoisotopic (exact) mass is 408 g/mol. The minimum absolute atomic E-state index is 0.294. The molecule has 0 fully saturated rings. The maximum atomic E-state index is 8.33. The molecule has 2 aromatic carbocycles. The van der Waals surface area contributed by atoms with E-state index in [1.165, 1.54) is 0 Å². The lowest BCUT2D eigenvalue weighted by molar-refractivity contribution is 0.408. The van der Waals surface area contributed by atoms with Crippen LogP contribution in [0.25, 0.3) is 32.4 Å². The first-order chi connectivity index (χ1) is 14.5. The van der Waals surface area contributed by atoms with Gasteiger partial charge in [0.25, 0.3) is 0 Å². The number of aryl methyl sites for hydroxylation is 2. The summed E-state index contributed by atoms with van der Waals surface area (Å²) in [6, 6.07) is 11.5. The van der Waals surface area contributed by atoms with E-state index >= 15 is 0 Å².